The lowest BCUT2D eigenvalue weighted by atomic mass is 10.2. The Kier molecular flexibility index (Phi) is 6.65. The Balaban J connectivity index is 2.08. The van der Waals surface area contributed by atoms with E-state index in [-0.39, 0.29) is 5.02 Å². The molecule has 2 nitrogen and oxygen atoms in total. The summed E-state index contributed by atoms with van der Waals surface area (Å²) in [6.07, 6.45) is 6.82. The van der Waals surface area contributed by atoms with Crippen LogP contribution in [0.1, 0.15) is 31.5 Å². The van der Waals surface area contributed by atoms with Crippen molar-refractivity contribution in [3.63, 3.8) is 0 Å². The van der Waals surface area contributed by atoms with E-state index in [1.165, 1.54) is 24.7 Å². The van der Waals surface area contributed by atoms with Crippen LogP contribution in [0.5, 0.6) is 0 Å². The van der Waals surface area contributed by atoms with E-state index in [1.54, 1.807) is 6.07 Å². The van der Waals surface area contributed by atoms with Gasteiger partial charge in [-0.3, -0.25) is 0 Å². The van der Waals surface area contributed by atoms with Gasteiger partial charge in [0.05, 0.1) is 21.9 Å². The van der Waals surface area contributed by atoms with Gasteiger partial charge in [-0.05, 0) is 30.9 Å². The second-order valence-electron chi connectivity index (χ2n) is 4.98. The van der Waals surface area contributed by atoms with E-state index in [9.17, 15) is 4.39 Å². The van der Waals surface area contributed by atoms with Gasteiger partial charge in [-0.15, -0.1) is 11.6 Å². The zero-order valence-corrected chi connectivity index (χ0v) is 14.4. The molecule has 0 aliphatic heterocycles. The third-order valence-corrected chi connectivity index (χ3v) is 4.69. The summed E-state index contributed by atoms with van der Waals surface area (Å²) in [6.45, 7) is 0.818. The first kappa shape index (κ1) is 16.9. The zero-order chi connectivity index (χ0) is 15.2. The van der Waals surface area contributed by atoms with Crippen molar-refractivity contribution in [3.8, 4) is 0 Å². The molecule has 0 aliphatic carbocycles. The van der Waals surface area contributed by atoms with E-state index in [4.69, 9.17) is 23.2 Å². The van der Waals surface area contributed by atoms with Crippen molar-refractivity contribution >= 4 is 46.0 Å². The monoisotopic (exact) mass is 348 g/mol. The molecule has 0 N–H and O–H groups in total. The van der Waals surface area contributed by atoms with Gasteiger partial charge in [0.2, 0.25) is 0 Å². The molecular weight excluding hydrogens is 330 g/mol. The van der Waals surface area contributed by atoms with Crippen LogP contribution >= 0.6 is 35.0 Å². The average Bonchev–Trinajstić information content (AvgIpc) is 2.80. The fraction of sp³-hybridized carbons (Fsp3) is 0.533. The minimum Gasteiger partial charge on any atom is -0.327 e. The van der Waals surface area contributed by atoms with Gasteiger partial charge in [-0.25, -0.2) is 9.37 Å². The Morgan fingerprint density at radius 2 is 2.00 bits per heavy atom. The molecule has 0 spiro atoms. The van der Waals surface area contributed by atoms with Crippen LogP contribution in [-0.2, 0) is 12.4 Å². The molecule has 21 heavy (non-hydrogen) atoms. The third kappa shape index (κ3) is 4.27. The number of imidazole rings is 1. The quantitative estimate of drug-likeness (QED) is 0.463. The summed E-state index contributed by atoms with van der Waals surface area (Å²) in [5, 5.41) is 0.102. The molecule has 0 fully saturated rings. The van der Waals surface area contributed by atoms with Gasteiger partial charge in [0.15, 0.2) is 0 Å². The van der Waals surface area contributed by atoms with Crippen molar-refractivity contribution in [2.45, 2.75) is 38.1 Å². The van der Waals surface area contributed by atoms with Gasteiger partial charge < -0.3 is 4.57 Å². The number of hydrogen-bond acceptors (Lipinski definition) is 2. The maximum atomic E-state index is 13.7. The molecule has 1 aromatic heterocycles. The highest BCUT2D eigenvalue weighted by molar-refractivity contribution is 7.98. The number of hydrogen-bond donors (Lipinski definition) is 0. The minimum atomic E-state index is -0.411. The van der Waals surface area contributed by atoms with Crippen LogP contribution in [0.2, 0.25) is 5.02 Å². The lowest BCUT2D eigenvalue weighted by Gasteiger charge is -2.08. The standard InChI is InChI=1S/C15H19Cl2FN2S/c1-21-7-5-3-2-4-6-20-14-9-12(18)11(17)8-13(14)19-15(20)10-16/h8-9H,2-7,10H2,1H3. The maximum absolute atomic E-state index is 13.7. The molecule has 1 aromatic carbocycles. The fourth-order valence-electron chi connectivity index (χ4n) is 2.39. The van der Waals surface area contributed by atoms with Gasteiger partial charge in [0.25, 0.3) is 0 Å². The second kappa shape index (κ2) is 8.25. The van der Waals surface area contributed by atoms with Crippen molar-refractivity contribution in [2.75, 3.05) is 12.0 Å². The third-order valence-electron chi connectivity index (χ3n) is 3.47. The minimum absolute atomic E-state index is 0.102. The number of aromatic nitrogens is 2. The largest absolute Gasteiger partial charge is 0.327 e. The Labute approximate surface area is 139 Å². The molecule has 2 aromatic rings. The molecule has 0 amide bonds. The van der Waals surface area contributed by atoms with E-state index in [0.29, 0.717) is 11.4 Å². The highest BCUT2D eigenvalue weighted by Gasteiger charge is 2.12. The number of unbranched alkanes of at least 4 members (excludes halogenated alkanes) is 3. The molecule has 0 saturated heterocycles. The van der Waals surface area contributed by atoms with Gasteiger partial charge >= 0.3 is 0 Å². The predicted octanol–water partition coefficient (Wildman–Crippen LogP) is 5.49. The smallest absolute Gasteiger partial charge is 0.144 e. The van der Waals surface area contributed by atoms with E-state index in [0.717, 1.165) is 30.7 Å². The summed E-state index contributed by atoms with van der Waals surface area (Å²) in [5.74, 6) is 1.90. The zero-order valence-electron chi connectivity index (χ0n) is 12.0. The number of halogens is 3. The van der Waals surface area contributed by atoms with Gasteiger partial charge in [-0.1, -0.05) is 24.4 Å². The first-order chi connectivity index (χ1) is 10.2. The summed E-state index contributed by atoms with van der Waals surface area (Å²) in [5.41, 5.74) is 1.48. The summed E-state index contributed by atoms with van der Waals surface area (Å²) >= 11 is 13.6. The number of fused-ring (bicyclic) bond motifs is 1. The molecule has 0 unspecified atom stereocenters. The number of nitrogens with zero attached hydrogens (tertiary/aromatic N) is 2. The molecule has 0 atom stereocenters. The maximum Gasteiger partial charge on any atom is 0.144 e. The Morgan fingerprint density at radius 3 is 2.71 bits per heavy atom. The first-order valence-electron chi connectivity index (χ1n) is 7.06. The van der Waals surface area contributed by atoms with Crippen molar-refractivity contribution < 1.29 is 4.39 Å². The molecule has 0 aliphatic rings. The van der Waals surface area contributed by atoms with E-state index in [1.807, 2.05) is 16.3 Å². The summed E-state index contributed by atoms with van der Waals surface area (Å²) in [4.78, 5) is 4.44. The van der Waals surface area contributed by atoms with Crippen LogP contribution < -0.4 is 0 Å². The Hall–Kier alpha value is -0.450. The lowest BCUT2D eigenvalue weighted by molar-refractivity contribution is 0.580. The van der Waals surface area contributed by atoms with Crippen LogP contribution in [0, 0.1) is 5.82 Å². The molecule has 6 heteroatoms. The number of alkyl halides is 1. The van der Waals surface area contributed by atoms with E-state index < -0.39 is 5.82 Å². The normalized spacial score (nSPS) is 11.4. The van der Waals surface area contributed by atoms with Crippen LogP contribution in [0.25, 0.3) is 11.0 Å². The molecular formula is C15H19Cl2FN2S. The SMILES string of the molecule is CSCCCCCCn1c(CCl)nc2cc(Cl)c(F)cc21. The molecule has 0 bridgehead atoms. The van der Waals surface area contributed by atoms with Gasteiger partial charge in [0, 0.05) is 12.6 Å². The summed E-state index contributed by atoms with van der Waals surface area (Å²) < 4.78 is 15.7. The lowest BCUT2D eigenvalue weighted by Crippen LogP contribution is -2.03. The number of rotatable bonds is 8. The van der Waals surface area contributed by atoms with Gasteiger partial charge in [-0.2, -0.15) is 11.8 Å². The fourth-order valence-corrected chi connectivity index (χ4v) is 3.25. The molecule has 116 valence electrons. The number of thioether (sulfide) groups is 1. The average molecular weight is 349 g/mol. The second-order valence-corrected chi connectivity index (χ2v) is 6.64. The van der Waals surface area contributed by atoms with Gasteiger partial charge in [0.1, 0.15) is 11.6 Å². The summed E-state index contributed by atoms with van der Waals surface area (Å²) in [7, 11) is 0. The van der Waals surface area contributed by atoms with E-state index in [2.05, 4.69) is 11.2 Å². The van der Waals surface area contributed by atoms with E-state index >= 15 is 0 Å². The molecule has 0 saturated carbocycles. The van der Waals surface area contributed by atoms with Crippen molar-refractivity contribution in [1.29, 1.82) is 0 Å². The highest BCUT2D eigenvalue weighted by Crippen LogP contribution is 2.25. The van der Waals surface area contributed by atoms with Crippen LogP contribution in [0.4, 0.5) is 4.39 Å². The van der Waals surface area contributed by atoms with Crippen molar-refractivity contribution in [2.24, 2.45) is 0 Å². The predicted molar refractivity (Wildman–Crippen MR) is 91.1 cm³/mol. The van der Waals surface area contributed by atoms with Crippen LogP contribution in [0.3, 0.4) is 0 Å². The molecule has 2 rings (SSSR count). The Bertz CT molecular complexity index is 601. The molecule has 0 radical (unpaired) electrons. The van der Waals surface area contributed by atoms with Crippen LogP contribution in [0.15, 0.2) is 12.1 Å². The first-order valence-corrected chi connectivity index (χ1v) is 9.37. The summed E-state index contributed by atoms with van der Waals surface area (Å²) in [6, 6.07) is 3.02. The Morgan fingerprint density at radius 1 is 1.24 bits per heavy atom. The topological polar surface area (TPSA) is 17.8 Å². The number of benzene rings is 1. The van der Waals surface area contributed by atoms with Crippen LogP contribution in [-0.4, -0.2) is 21.6 Å². The molecule has 1 heterocycles. The number of aryl methyl sites for hydroxylation is 1. The van der Waals surface area contributed by atoms with Crippen molar-refractivity contribution in [1.82, 2.24) is 9.55 Å². The van der Waals surface area contributed by atoms with Crippen molar-refractivity contribution in [3.05, 3.63) is 28.8 Å². The highest BCUT2D eigenvalue weighted by atomic mass is 35.5.